The molecule has 0 unspecified atom stereocenters. The quantitative estimate of drug-likeness (QED) is 0.733. The lowest BCUT2D eigenvalue weighted by molar-refractivity contribution is -0.142. The summed E-state index contributed by atoms with van der Waals surface area (Å²) in [6.45, 7) is 2.34. The molecule has 4 nitrogen and oxygen atoms in total. The highest BCUT2D eigenvalue weighted by atomic mass is 16.7. The molecule has 90 valence electrons. The molecule has 1 aromatic carbocycles. The van der Waals surface area contributed by atoms with Crippen LogP contribution in [0.15, 0.2) is 18.2 Å². The first-order chi connectivity index (χ1) is 8.22. The molecule has 1 fully saturated rings. The van der Waals surface area contributed by atoms with Gasteiger partial charge in [0, 0.05) is 5.92 Å². The second-order valence-corrected chi connectivity index (χ2v) is 4.55. The van der Waals surface area contributed by atoms with Gasteiger partial charge in [-0.1, -0.05) is 13.0 Å². The summed E-state index contributed by atoms with van der Waals surface area (Å²) in [6.07, 6.45) is 0. The van der Waals surface area contributed by atoms with Crippen LogP contribution < -0.4 is 9.47 Å². The van der Waals surface area contributed by atoms with E-state index in [1.165, 1.54) is 7.11 Å². The zero-order valence-electron chi connectivity index (χ0n) is 9.80. The smallest absolute Gasteiger partial charge is 0.309 e. The van der Waals surface area contributed by atoms with Gasteiger partial charge in [-0.25, -0.2) is 0 Å². The first-order valence-corrected chi connectivity index (χ1v) is 5.69. The van der Waals surface area contributed by atoms with Crippen molar-refractivity contribution in [2.24, 2.45) is 11.8 Å². The largest absolute Gasteiger partial charge is 0.469 e. The molecule has 1 aliphatic heterocycles. The second kappa shape index (κ2) is 3.65. The Morgan fingerprint density at radius 3 is 2.88 bits per heavy atom. The van der Waals surface area contributed by atoms with E-state index in [0.29, 0.717) is 5.92 Å². The Kier molecular flexibility index (Phi) is 2.24. The SMILES string of the molecule is COC(=O)[C@@H]1[C@@H](C)[C@H]1c1ccc2c(c1)OCO2. The summed E-state index contributed by atoms with van der Waals surface area (Å²) < 4.78 is 15.4. The predicted molar refractivity (Wildman–Crippen MR) is 60.0 cm³/mol. The molecule has 17 heavy (non-hydrogen) atoms. The molecule has 0 saturated heterocycles. The Balaban J connectivity index is 1.84. The number of ether oxygens (including phenoxy) is 3. The Morgan fingerprint density at radius 2 is 2.12 bits per heavy atom. The molecule has 2 aliphatic rings. The molecule has 4 heteroatoms. The molecular weight excluding hydrogens is 220 g/mol. The number of carbonyl (C=O) groups excluding carboxylic acids is 1. The topological polar surface area (TPSA) is 44.8 Å². The average molecular weight is 234 g/mol. The molecule has 3 rings (SSSR count). The lowest BCUT2D eigenvalue weighted by Gasteiger charge is -2.02. The standard InChI is InChI=1S/C13H14O4/c1-7-11(12(7)13(14)15-2)8-3-4-9-10(5-8)17-6-16-9/h3-5,7,11-12H,6H2,1-2H3/t7-,11-,12+/m0/s1. The number of methoxy groups -OCH3 is 1. The molecule has 0 bridgehead atoms. The normalized spacial score (nSPS) is 28.9. The fourth-order valence-electron chi connectivity index (χ4n) is 2.59. The summed E-state index contributed by atoms with van der Waals surface area (Å²) in [7, 11) is 1.43. The maximum Gasteiger partial charge on any atom is 0.309 e. The monoisotopic (exact) mass is 234 g/mol. The molecule has 1 saturated carbocycles. The number of carbonyl (C=O) groups is 1. The Bertz CT molecular complexity index is 468. The molecule has 1 aliphatic carbocycles. The first-order valence-electron chi connectivity index (χ1n) is 5.69. The zero-order chi connectivity index (χ0) is 12.0. The number of benzene rings is 1. The van der Waals surface area contributed by atoms with E-state index in [1.54, 1.807) is 0 Å². The van der Waals surface area contributed by atoms with Crippen molar-refractivity contribution in [2.45, 2.75) is 12.8 Å². The molecule has 0 amide bonds. The van der Waals surface area contributed by atoms with E-state index >= 15 is 0 Å². The molecule has 3 atom stereocenters. The van der Waals surface area contributed by atoms with Gasteiger partial charge < -0.3 is 14.2 Å². The van der Waals surface area contributed by atoms with Crippen LogP contribution in [0.4, 0.5) is 0 Å². The maximum absolute atomic E-state index is 11.5. The van der Waals surface area contributed by atoms with Crippen molar-refractivity contribution in [1.29, 1.82) is 0 Å². The predicted octanol–water partition coefficient (Wildman–Crippen LogP) is 1.94. The van der Waals surface area contributed by atoms with E-state index in [2.05, 4.69) is 6.92 Å². The van der Waals surface area contributed by atoms with Gasteiger partial charge in [0.15, 0.2) is 11.5 Å². The summed E-state index contributed by atoms with van der Waals surface area (Å²) in [5.74, 6) is 1.99. The Hall–Kier alpha value is -1.71. The van der Waals surface area contributed by atoms with E-state index < -0.39 is 0 Å². The Labute approximate surface area is 99.5 Å². The first kappa shape index (κ1) is 10.4. The van der Waals surface area contributed by atoms with Gasteiger partial charge in [0.1, 0.15) is 0 Å². The number of fused-ring (bicyclic) bond motifs is 1. The summed E-state index contributed by atoms with van der Waals surface area (Å²) in [6, 6.07) is 5.86. The zero-order valence-corrected chi connectivity index (χ0v) is 9.80. The van der Waals surface area contributed by atoms with Crippen LogP contribution >= 0.6 is 0 Å². The highest BCUT2D eigenvalue weighted by molar-refractivity contribution is 5.78. The van der Waals surface area contributed by atoms with Gasteiger partial charge in [-0.3, -0.25) is 4.79 Å². The lowest BCUT2D eigenvalue weighted by Crippen LogP contribution is -2.04. The van der Waals surface area contributed by atoms with E-state index in [9.17, 15) is 4.79 Å². The molecule has 0 radical (unpaired) electrons. The van der Waals surface area contributed by atoms with E-state index in [4.69, 9.17) is 14.2 Å². The van der Waals surface area contributed by atoms with Crippen LogP contribution in [-0.2, 0) is 9.53 Å². The summed E-state index contributed by atoms with van der Waals surface area (Å²) in [5, 5.41) is 0. The van der Waals surface area contributed by atoms with Crippen molar-refractivity contribution in [3.63, 3.8) is 0 Å². The van der Waals surface area contributed by atoms with Crippen molar-refractivity contribution < 1.29 is 19.0 Å². The maximum atomic E-state index is 11.5. The van der Waals surface area contributed by atoms with E-state index in [-0.39, 0.29) is 24.6 Å². The van der Waals surface area contributed by atoms with Gasteiger partial charge in [-0.15, -0.1) is 0 Å². The number of hydrogen-bond donors (Lipinski definition) is 0. The minimum atomic E-state index is -0.125. The molecule has 1 aromatic rings. The van der Waals surface area contributed by atoms with Crippen LogP contribution in [0.3, 0.4) is 0 Å². The van der Waals surface area contributed by atoms with Crippen molar-refractivity contribution in [3.8, 4) is 11.5 Å². The van der Waals surface area contributed by atoms with Gasteiger partial charge >= 0.3 is 5.97 Å². The van der Waals surface area contributed by atoms with Gasteiger partial charge in [0.2, 0.25) is 6.79 Å². The van der Waals surface area contributed by atoms with Gasteiger partial charge in [-0.2, -0.15) is 0 Å². The van der Waals surface area contributed by atoms with Crippen molar-refractivity contribution in [1.82, 2.24) is 0 Å². The molecule has 0 aromatic heterocycles. The van der Waals surface area contributed by atoms with Crippen molar-refractivity contribution >= 4 is 5.97 Å². The minimum absolute atomic E-state index is 0.0135. The van der Waals surface area contributed by atoms with E-state index in [0.717, 1.165) is 17.1 Å². The summed E-state index contributed by atoms with van der Waals surface area (Å²) in [5.41, 5.74) is 1.12. The van der Waals surface area contributed by atoms with E-state index in [1.807, 2.05) is 18.2 Å². The summed E-state index contributed by atoms with van der Waals surface area (Å²) in [4.78, 5) is 11.5. The molecule has 0 spiro atoms. The van der Waals surface area contributed by atoms with Crippen LogP contribution in [0.5, 0.6) is 11.5 Å². The second-order valence-electron chi connectivity index (χ2n) is 4.55. The summed E-state index contributed by atoms with van der Waals surface area (Å²) >= 11 is 0. The molecule has 1 heterocycles. The van der Waals surface area contributed by atoms with Crippen LogP contribution in [0, 0.1) is 11.8 Å². The number of hydrogen-bond acceptors (Lipinski definition) is 4. The van der Waals surface area contributed by atoms with Crippen LogP contribution in [0.2, 0.25) is 0 Å². The molecular formula is C13H14O4. The third-order valence-electron chi connectivity index (χ3n) is 3.63. The third kappa shape index (κ3) is 1.55. The van der Waals surface area contributed by atoms with Gasteiger partial charge in [0.25, 0.3) is 0 Å². The van der Waals surface area contributed by atoms with Crippen molar-refractivity contribution in [3.05, 3.63) is 23.8 Å². The molecule has 0 N–H and O–H groups in total. The minimum Gasteiger partial charge on any atom is -0.469 e. The van der Waals surface area contributed by atoms with Crippen LogP contribution in [-0.4, -0.2) is 19.9 Å². The van der Waals surface area contributed by atoms with Gasteiger partial charge in [-0.05, 0) is 23.6 Å². The lowest BCUT2D eigenvalue weighted by atomic mass is 10.1. The third-order valence-corrected chi connectivity index (χ3v) is 3.63. The highest BCUT2D eigenvalue weighted by Gasteiger charge is 2.53. The number of esters is 1. The fourth-order valence-corrected chi connectivity index (χ4v) is 2.59. The Morgan fingerprint density at radius 1 is 1.35 bits per heavy atom. The van der Waals surface area contributed by atoms with Crippen molar-refractivity contribution in [2.75, 3.05) is 13.9 Å². The average Bonchev–Trinajstić information content (AvgIpc) is 2.81. The van der Waals surface area contributed by atoms with Gasteiger partial charge in [0.05, 0.1) is 13.0 Å². The van der Waals surface area contributed by atoms with Crippen LogP contribution in [0.25, 0.3) is 0 Å². The fraction of sp³-hybridized carbons (Fsp3) is 0.462. The van der Waals surface area contributed by atoms with Crippen LogP contribution in [0.1, 0.15) is 18.4 Å². The number of rotatable bonds is 2. The highest BCUT2D eigenvalue weighted by Crippen LogP contribution is 2.55.